The highest BCUT2D eigenvalue weighted by Gasteiger charge is 2.16. The summed E-state index contributed by atoms with van der Waals surface area (Å²) in [6.07, 6.45) is 0. The number of carbonyl (C=O) groups excluding carboxylic acids is 2. The first-order chi connectivity index (χ1) is 7.15. The van der Waals surface area contributed by atoms with Crippen LogP contribution in [0.15, 0.2) is 30.3 Å². The first-order valence-corrected chi connectivity index (χ1v) is 4.88. The van der Waals surface area contributed by atoms with Gasteiger partial charge >= 0.3 is 0 Å². The fourth-order valence-corrected chi connectivity index (χ4v) is 1.30. The topological polar surface area (TPSA) is 63.4 Å². The maximum absolute atomic E-state index is 11.4. The zero-order valence-electron chi connectivity index (χ0n) is 8.02. The van der Waals surface area contributed by atoms with Crippen molar-refractivity contribution < 1.29 is 9.59 Å². The van der Waals surface area contributed by atoms with E-state index >= 15 is 0 Å². The molecule has 0 saturated carbocycles. The summed E-state index contributed by atoms with van der Waals surface area (Å²) in [5.74, 6) is -1.10. The van der Waals surface area contributed by atoms with Gasteiger partial charge in [-0.2, -0.15) is 0 Å². The maximum atomic E-state index is 11.4. The molecule has 80 valence electrons. The summed E-state index contributed by atoms with van der Waals surface area (Å²) >= 11 is 5.44. The second kappa shape index (κ2) is 5.36. The van der Waals surface area contributed by atoms with Crippen LogP contribution in [0.1, 0.15) is 0 Å². The molecule has 5 heteroatoms. The minimum Gasteiger partial charge on any atom is -0.368 e. The Morgan fingerprint density at radius 1 is 1.27 bits per heavy atom. The standard InChI is InChI=1S/C10H11ClN2O2/c11-6-10(15)13(7-9(12)14)8-4-2-1-3-5-8/h1-5H,6-7H2,(H2,12,14). The molecule has 2 amide bonds. The molecule has 0 unspecified atom stereocenters. The molecule has 1 aromatic carbocycles. The van der Waals surface area contributed by atoms with Gasteiger partial charge in [-0.1, -0.05) is 18.2 Å². The van der Waals surface area contributed by atoms with E-state index < -0.39 is 5.91 Å². The van der Waals surface area contributed by atoms with Crippen molar-refractivity contribution in [2.75, 3.05) is 17.3 Å². The lowest BCUT2D eigenvalue weighted by Crippen LogP contribution is -2.39. The van der Waals surface area contributed by atoms with Gasteiger partial charge in [0, 0.05) is 5.69 Å². The lowest BCUT2D eigenvalue weighted by atomic mass is 10.3. The van der Waals surface area contributed by atoms with E-state index in [1.54, 1.807) is 24.3 Å². The quantitative estimate of drug-likeness (QED) is 0.770. The Kier molecular flexibility index (Phi) is 4.12. The molecule has 0 aliphatic heterocycles. The SMILES string of the molecule is NC(=O)CN(C(=O)CCl)c1ccccc1. The van der Waals surface area contributed by atoms with Gasteiger partial charge in [0.15, 0.2) is 0 Å². The number of carbonyl (C=O) groups is 2. The zero-order chi connectivity index (χ0) is 11.3. The Balaban J connectivity index is 2.91. The number of nitrogens with zero attached hydrogens (tertiary/aromatic N) is 1. The fourth-order valence-electron chi connectivity index (χ4n) is 1.16. The van der Waals surface area contributed by atoms with Crippen LogP contribution in [0, 0.1) is 0 Å². The van der Waals surface area contributed by atoms with Crippen LogP contribution in [-0.4, -0.2) is 24.2 Å². The summed E-state index contributed by atoms with van der Waals surface area (Å²) in [5, 5.41) is 0. The summed E-state index contributed by atoms with van der Waals surface area (Å²) in [6, 6.07) is 8.79. The number of primary amides is 1. The van der Waals surface area contributed by atoms with Crippen molar-refractivity contribution in [1.82, 2.24) is 0 Å². The van der Waals surface area contributed by atoms with Gasteiger partial charge in [-0.3, -0.25) is 9.59 Å². The third-order valence-corrected chi connectivity index (χ3v) is 2.03. The van der Waals surface area contributed by atoms with Gasteiger partial charge in [0.25, 0.3) is 0 Å². The van der Waals surface area contributed by atoms with Gasteiger partial charge in [0.1, 0.15) is 12.4 Å². The Labute approximate surface area is 92.6 Å². The Hall–Kier alpha value is -1.55. The van der Waals surface area contributed by atoms with Crippen LogP contribution in [0.5, 0.6) is 0 Å². The van der Waals surface area contributed by atoms with Crippen molar-refractivity contribution in [3.63, 3.8) is 0 Å². The molecule has 0 atom stereocenters. The lowest BCUT2D eigenvalue weighted by molar-refractivity contribution is -0.121. The largest absolute Gasteiger partial charge is 0.368 e. The number of anilines is 1. The molecule has 0 spiro atoms. The fraction of sp³-hybridized carbons (Fsp3) is 0.200. The Morgan fingerprint density at radius 2 is 1.87 bits per heavy atom. The first-order valence-electron chi connectivity index (χ1n) is 4.35. The summed E-state index contributed by atoms with van der Waals surface area (Å²) in [5.41, 5.74) is 5.66. The molecular weight excluding hydrogens is 216 g/mol. The van der Waals surface area contributed by atoms with Gasteiger partial charge in [-0.15, -0.1) is 11.6 Å². The summed E-state index contributed by atoms with van der Waals surface area (Å²) < 4.78 is 0. The van der Waals surface area contributed by atoms with Gasteiger partial charge in [0.05, 0.1) is 0 Å². The van der Waals surface area contributed by atoms with Crippen molar-refractivity contribution >= 4 is 29.1 Å². The highest BCUT2D eigenvalue weighted by molar-refractivity contribution is 6.29. The van der Waals surface area contributed by atoms with Crippen molar-refractivity contribution in [2.24, 2.45) is 5.73 Å². The van der Waals surface area contributed by atoms with Crippen LogP contribution in [0.25, 0.3) is 0 Å². The lowest BCUT2D eigenvalue weighted by Gasteiger charge is -2.19. The van der Waals surface area contributed by atoms with E-state index in [1.165, 1.54) is 4.90 Å². The van der Waals surface area contributed by atoms with Crippen molar-refractivity contribution in [3.8, 4) is 0 Å². The summed E-state index contributed by atoms with van der Waals surface area (Å²) in [4.78, 5) is 23.5. The van der Waals surface area contributed by atoms with Crippen LogP contribution in [-0.2, 0) is 9.59 Å². The number of amides is 2. The molecular formula is C10H11ClN2O2. The number of rotatable bonds is 4. The average molecular weight is 227 g/mol. The Bertz CT molecular complexity index is 354. The number of benzene rings is 1. The van der Waals surface area contributed by atoms with Crippen molar-refractivity contribution in [1.29, 1.82) is 0 Å². The van der Waals surface area contributed by atoms with E-state index in [9.17, 15) is 9.59 Å². The predicted octanol–water partition coefficient (Wildman–Crippen LogP) is 0.744. The van der Waals surface area contributed by atoms with E-state index in [0.29, 0.717) is 5.69 Å². The van der Waals surface area contributed by atoms with Gasteiger partial charge < -0.3 is 10.6 Å². The van der Waals surface area contributed by atoms with E-state index in [1.807, 2.05) is 6.07 Å². The molecule has 0 aliphatic carbocycles. The van der Waals surface area contributed by atoms with Crippen LogP contribution < -0.4 is 10.6 Å². The summed E-state index contributed by atoms with van der Waals surface area (Å²) in [6.45, 7) is -0.157. The normalized spacial score (nSPS) is 9.67. The van der Waals surface area contributed by atoms with E-state index in [0.717, 1.165) is 0 Å². The highest BCUT2D eigenvalue weighted by atomic mass is 35.5. The second-order valence-electron chi connectivity index (χ2n) is 2.92. The Morgan fingerprint density at radius 3 is 2.33 bits per heavy atom. The molecule has 0 heterocycles. The van der Waals surface area contributed by atoms with Crippen LogP contribution in [0.4, 0.5) is 5.69 Å². The van der Waals surface area contributed by atoms with Crippen molar-refractivity contribution in [2.45, 2.75) is 0 Å². The summed E-state index contributed by atoms with van der Waals surface area (Å²) in [7, 11) is 0. The molecule has 0 fully saturated rings. The number of nitrogens with two attached hydrogens (primary N) is 1. The van der Waals surface area contributed by atoms with Crippen LogP contribution in [0.3, 0.4) is 0 Å². The molecule has 1 aromatic rings. The van der Waals surface area contributed by atoms with E-state index in [-0.39, 0.29) is 18.3 Å². The number of hydrogen-bond donors (Lipinski definition) is 1. The zero-order valence-corrected chi connectivity index (χ0v) is 8.78. The predicted molar refractivity (Wildman–Crippen MR) is 58.7 cm³/mol. The molecule has 0 aliphatic rings. The minimum atomic E-state index is -0.572. The van der Waals surface area contributed by atoms with E-state index in [4.69, 9.17) is 17.3 Å². The third kappa shape index (κ3) is 3.25. The van der Waals surface area contributed by atoms with Gasteiger partial charge in [-0.25, -0.2) is 0 Å². The minimum absolute atomic E-state index is 0.157. The first kappa shape index (κ1) is 11.5. The number of hydrogen-bond acceptors (Lipinski definition) is 2. The van der Waals surface area contributed by atoms with Crippen LogP contribution in [0.2, 0.25) is 0 Å². The number of para-hydroxylation sites is 1. The van der Waals surface area contributed by atoms with Gasteiger partial charge in [0.2, 0.25) is 11.8 Å². The maximum Gasteiger partial charge on any atom is 0.242 e. The van der Waals surface area contributed by atoms with Crippen molar-refractivity contribution in [3.05, 3.63) is 30.3 Å². The average Bonchev–Trinajstić information content (AvgIpc) is 2.26. The van der Waals surface area contributed by atoms with Crippen LogP contribution >= 0.6 is 11.6 Å². The third-order valence-electron chi connectivity index (χ3n) is 1.80. The molecule has 2 N–H and O–H groups in total. The second-order valence-corrected chi connectivity index (χ2v) is 3.18. The highest BCUT2D eigenvalue weighted by Crippen LogP contribution is 2.13. The molecule has 0 saturated heterocycles. The number of alkyl halides is 1. The number of halogens is 1. The molecule has 0 radical (unpaired) electrons. The van der Waals surface area contributed by atoms with Gasteiger partial charge in [-0.05, 0) is 12.1 Å². The molecule has 1 rings (SSSR count). The monoisotopic (exact) mass is 226 g/mol. The smallest absolute Gasteiger partial charge is 0.242 e. The molecule has 4 nitrogen and oxygen atoms in total. The van der Waals surface area contributed by atoms with E-state index in [2.05, 4.69) is 0 Å². The molecule has 0 bridgehead atoms. The molecule has 0 aromatic heterocycles. The molecule has 15 heavy (non-hydrogen) atoms.